The van der Waals surface area contributed by atoms with Crippen LogP contribution in [0.2, 0.25) is 0 Å². The molecule has 6 nitrogen and oxygen atoms in total. The summed E-state index contributed by atoms with van der Waals surface area (Å²) < 4.78 is 38.0. The fraction of sp³-hybridized carbons (Fsp3) is 0.476. The zero-order valence-electron chi connectivity index (χ0n) is 16.2. The first-order valence-corrected chi connectivity index (χ1v) is 11.4. The highest BCUT2D eigenvalue weighted by atomic mass is 32.2. The smallest absolute Gasteiger partial charge is 0.292 e. The van der Waals surface area contributed by atoms with Crippen molar-refractivity contribution < 1.29 is 17.9 Å². The molecule has 150 valence electrons. The van der Waals surface area contributed by atoms with E-state index in [4.69, 9.17) is 9.47 Å². The van der Waals surface area contributed by atoms with Gasteiger partial charge in [-0.1, -0.05) is 6.92 Å². The predicted octanol–water partition coefficient (Wildman–Crippen LogP) is 3.18. The summed E-state index contributed by atoms with van der Waals surface area (Å²) in [5, 5.41) is 0. The summed E-state index contributed by atoms with van der Waals surface area (Å²) in [6.45, 7) is 2.24. The minimum absolute atomic E-state index is 0.0258. The molecule has 0 spiro atoms. The van der Waals surface area contributed by atoms with Gasteiger partial charge in [-0.2, -0.15) is 0 Å². The third-order valence-electron chi connectivity index (χ3n) is 5.14. The highest BCUT2D eigenvalue weighted by Gasteiger charge is 2.26. The molecular weight excluding hydrogens is 378 g/mol. The van der Waals surface area contributed by atoms with Crippen LogP contribution in [0.4, 0.5) is 0 Å². The SMILES string of the molecule is CCS(=O)(=O)c1ccc(OCC2CC2)c(-c2cc(OC3CC3)c(=O)n(C)c2)c1. The van der Waals surface area contributed by atoms with Crippen LogP contribution in [0.15, 0.2) is 40.2 Å². The lowest BCUT2D eigenvalue weighted by atomic mass is 10.1. The fourth-order valence-corrected chi connectivity index (χ4v) is 3.90. The van der Waals surface area contributed by atoms with Crippen LogP contribution < -0.4 is 15.0 Å². The summed E-state index contributed by atoms with van der Waals surface area (Å²) in [6, 6.07) is 6.64. The van der Waals surface area contributed by atoms with Gasteiger partial charge in [0.2, 0.25) is 0 Å². The maximum atomic E-state index is 12.4. The van der Waals surface area contributed by atoms with E-state index in [-0.39, 0.29) is 22.3 Å². The van der Waals surface area contributed by atoms with Gasteiger partial charge in [0.25, 0.3) is 5.56 Å². The molecular formula is C21H25NO5S. The van der Waals surface area contributed by atoms with Crippen molar-refractivity contribution in [2.75, 3.05) is 12.4 Å². The molecule has 0 aliphatic heterocycles. The van der Waals surface area contributed by atoms with Gasteiger partial charge in [0.05, 0.1) is 23.4 Å². The molecule has 0 unspecified atom stereocenters. The zero-order chi connectivity index (χ0) is 19.9. The van der Waals surface area contributed by atoms with E-state index in [0.717, 1.165) is 25.7 Å². The van der Waals surface area contributed by atoms with E-state index < -0.39 is 9.84 Å². The van der Waals surface area contributed by atoms with Crippen molar-refractivity contribution in [2.24, 2.45) is 13.0 Å². The van der Waals surface area contributed by atoms with Gasteiger partial charge in [0.1, 0.15) is 5.75 Å². The van der Waals surface area contributed by atoms with E-state index in [2.05, 4.69) is 0 Å². The van der Waals surface area contributed by atoms with Gasteiger partial charge >= 0.3 is 0 Å². The Morgan fingerprint density at radius 1 is 1.11 bits per heavy atom. The van der Waals surface area contributed by atoms with Gasteiger partial charge in [-0.25, -0.2) is 8.42 Å². The molecule has 0 atom stereocenters. The highest BCUT2D eigenvalue weighted by molar-refractivity contribution is 7.91. The van der Waals surface area contributed by atoms with Gasteiger partial charge < -0.3 is 14.0 Å². The number of hydrogen-bond donors (Lipinski definition) is 0. The minimum Gasteiger partial charge on any atom is -0.493 e. The Hall–Kier alpha value is -2.28. The van der Waals surface area contributed by atoms with Crippen LogP contribution in [0.3, 0.4) is 0 Å². The van der Waals surface area contributed by atoms with Crippen LogP contribution >= 0.6 is 0 Å². The lowest BCUT2D eigenvalue weighted by Crippen LogP contribution is -2.19. The van der Waals surface area contributed by atoms with E-state index in [1.54, 1.807) is 44.4 Å². The Balaban J connectivity index is 1.79. The Morgan fingerprint density at radius 3 is 2.50 bits per heavy atom. The van der Waals surface area contributed by atoms with Crippen LogP contribution in [-0.4, -0.2) is 31.4 Å². The predicted molar refractivity (Wildman–Crippen MR) is 107 cm³/mol. The number of ether oxygens (including phenoxy) is 2. The van der Waals surface area contributed by atoms with Crippen molar-refractivity contribution in [1.82, 2.24) is 4.57 Å². The van der Waals surface area contributed by atoms with E-state index >= 15 is 0 Å². The number of nitrogens with zero attached hydrogens (tertiary/aromatic N) is 1. The van der Waals surface area contributed by atoms with Gasteiger partial charge in [-0.3, -0.25) is 4.79 Å². The summed E-state index contributed by atoms with van der Waals surface area (Å²) in [6.07, 6.45) is 6.03. The number of aromatic nitrogens is 1. The molecule has 0 bridgehead atoms. The second-order valence-electron chi connectivity index (χ2n) is 7.64. The number of pyridine rings is 1. The first-order chi connectivity index (χ1) is 13.4. The average Bonchev–Trinajstić information content (AvgIpc) is 3.59. The molecule has 2 saturated carbocycles. The monoisotopic (exact) mass is 403 g/mol. The molecule has 7 heteroatoms. The van der Waals surface area contributed by atoms with Gasteiger partial charge in [0.15, 0.2) is 15.6 Å². The molecule has 0 saturated heterocycles. The Bertz CT molecular complexity index is 1050. The minimum atomic E-state index is -3.36. The maximum absolute atomic E-state index is 12.4. The Kier molecular flexibility index (Phi) is 4.95. The molecule has 1 heterocycles. The van der Waals surface area contributed by atoms with Crippen LogP contribution in [0.5, 0.6) is 11.5 Å². The van der Waals surface area contributed by atoms with Crippen LogP contribution in [0, 0.1) is 5.92 Å². The molecule has 1 aromatic heterocycles. The fourth-order valence-electron chi connectivity index (χ4n) is 2.99. The quantitative estimate of drug-likeness (QED) is 0.677. The first kappa shape index (κ1) is 19.1. The lowest BCUT2D eigenvalue weighted by molar-refractivity contribution is 0.296. The third-order valence-corrected chi connectivity index (χ3v) is 6.87. The Morgan fingerprint density at radius 2 is 1.86 bits per heavy atom. The largest absolute Gasteiger partial charge is 0.493 e. The van der Waals surface area contributed by atoms with E-state index in [0.29, 0.717) is 35.2 Å². The second kappa shape index (κ2) is 7.28. The summed E-state index contributed by atoms with van der Waals surface area (Å²) >= 11 is 0. The summed E-state index contributed by atoms with van der Waals surface area (Å²) in [5.74, 6) is 1.51. The van der Waals surface area contributed by atoms with Crippen LogP contribution in [0.25, 0.3) is 11.1 Å². The second-order valence-corrected chi connectivity index (χ2v) is 9.92. The van der Waals surface area contributed by atoms with Crippen molar-refractivity contribution in [1.29, 1.82) is 0 Å². The molecule has 28 heavy (non-hydrogen) atoms. The Labute approximate surface area is 165 Å². The maximum Gasteiger partial charge on any atom is 0.292 e. The molecule has 0 N–H and O–H groups in total. The molecule has 4 rings (SSSR count). The number of hydrogen-bond acceptors (Lipinski definition) is 5. The van der Waals surface area contributed by atoms with Crippen molar-refractivity contribution in [3.63, 3.8) is 0 Å². The van der Waals surface area contributed by atoms with Crippen LogP contribution in [-0.2, 0) is 16.9 Å². The lowest BCUT2D eigenvalue weighted by Gasteiger charge is -2.15. The zero-order valence-corrected chi connectivity index (χ0v) is 17.0. The number of sulfone groups is 1. The van der Waals surface area contributed by atoms with E-state index in [1.807, 2.05) is 0 Å². The van der Waals surface area contributed by atoms with Crippen molar-refractivity contribution >= 4 is 9.84 Å². The van der Waals surface area contributed by atoms with Gasteiger partial charge in [0, 0.05) is 24.4 Å². The topological polar surface area (TPSA) is 74.6 Å². The van der Waals surface area contributed by atoms with Gasteiger partial charge in [-0.05, 0) is 55.9 Å². The molecule has 2 fully saturated rings. The van der Waals surface area contributed by atoms with Crippen molar-refractivity contribution in [3.05, 3.63) is 40.8 Å². The van der Waals surface area contributed by atoms with Crippen molar-refractivity contribution in [3.8, 4) is 22.6 Å². The number of benzene rings is 1. The molecule has 2 aromatic rings. The normalized spacial score (nSPS) is 16.8. The highest BCUT2D eigenvalue weighted by Crippen LogP contribution is 2.36. The van der Waals surface area contributed by atoms with Crippen LogP contribution in [0.1, 0.15) is 32.6 Å². The van der Waals surface area contributed by atoms with E-state index in [9.17, 15) is 13.2 Å². The molecule has 0 radical (unpaired) electrons. The van der Waals surface area contributed by atoms with Crippen molar-refractivity contribution in [2.45, 2.75) is 43.6 Å². The third kappa shape index (κ3) is 4.09. The number of rotatable bonds is 8. The molecule has 1 aromatic carbocycles. The van der Waals surface area contributed by atoms with Gasteiger partial charge in [-0.15, -0.1) is 0 Å². The summed E-state index contributed by atoms with van der Waals surface area (Å²) in [5.41, 5.74) is 1.16. The molecule has 2 aliphatic rings. The summed E-state index contributed by atoms with van der Waals surface area (Å²) in [7, 11) is -1.69. The average molecular weight is 404 g/mol. The first-order valence-electron chi connectivity index (χ1n) is 9.74. The van der Waals surface area contributed by atoms with E-state index in [1.165, 1.54) is 4.57 Å². The number of aryl methyl sites for hydroxylation is 1. The standard InChI is InChI=1S/C21H25NO5S/c1-3-28(24,25)17-8-9-19(26-13-14-4-5-14)18(11-17)15-10-20(27-16-6-7-16)21(23)22(2)12-15/h8-12,14,16H,3-7,13H2,1-2H3. The molecule has 0 amide bonds. The molecule has 2 aliphatic carbocycles. The summed E-state index contributed by atoms with van der Waals surface area (Å²) in [4.78, 5) is 12.7.